The van der Waals surface area contributed by atoms with Crippen LogP contribution in [0.1, 0.15) is 12.8 Å². The summed E-state index contributed by atoms with van der Waals surface area (Å²) in [5.74, 6) is 0.852. The van der Waals surface area contributed by atoms with Crippen LogP contribution in [0.4, 0.5) is 0 Å². The Hall–Kier alpha value is -1.41. The van der Waals surface area contributed by atoms with E-state index in [-0.39, 0.29) is 6.04 Å². The number of nitrogens with one attached hydrogen (secondary N) is 1. The molecule has 1 aliphatic heterocycles. The minimum atomic E-state index is -3.43. The Balaban J connectivity index is 1.41. The fourth-order valence-corrected chi connectivity index (χ4v) is 4.72. The Kier molecular flexibility index (Phi) is 6.69. The maximum Gasteiger partial charge on any atom is 0.240 e. The first-order valence-electron chi connectivity index (χ1n) is 8.71. The minimum Gasteiger partial charge on any atom is -0.492 e. The molecule has 7 heteroatoms. The lowest BCUT2D eigenvalue weighted by molar-refractivity contribution is 0.170. The summed E-state index contributed by atoms with van der Waals surface area (Å²) in [4.78, 5) is 2.63. The molecule has 1 heterocycles. The second kappa shape index (κ2) is 8.99. The average Bonchev–Trinajstić information content (AvgIpc) is 2.64. The molecule has 2 aromatic rings. The summed E-state index contributed by atoms with van der Waals surface area (Å²) in [5.41, 5.74) is 0. The number of nitrogens with zero attached hydrogens (tertiary/aromatic N) is 1. The summed E-state index contributed by atoms with van der Waals surface area (Å²) in [7, 11) is -3.43. The van der Waals surface area contributed by atoms with Crippen molar-refractivity contribution < 1.29 is 13.2 Å². The highest BCUT2D eigenvalue weighted by atomic mass is 79.9. The van der Waals surface area contributed by atoms with E-state index in [9.17, 15) is 8.42 Å². The van der Waals surface area contributed by atoms with Crippen LogP contribution in [0.2, 0.25) is 0 Å². The van der Waals surface area contributed by atoms with E-state index in [1.54, 1.807) is 24.3 Å². The Labute approximate surface area is 163 Å². The third-order valence-electron chi connectivity index (χ3n) is 4.44. The molecule has 2 aromatic carbocycles. The summed E-state index contributed by atoms with van der Waals surface area (Å²) >= 11 is 3.43. The van der Waals surface area contributed by atoms with Crippen LogP contribution in [-0.4, -0.2) is 45.6 Å². The summed E-state index contributed by atoms with van der Waals surface area (Å²) in [6.07, 6.45) is 1.62. The molecule has 0 amide bonds. The predicted molar refractivity (Wildman–Crippen MR) is 106 cm³/mol. The Bertz CT molecular complexity index is 807. The van der Waals surface area contributed by atoms with E-state index in [1.165, 1.54) is 0 Å². The highest BCUT2D eigenvalue weighted by molar-refractivity contribution is 9.10. The molecule has 0 saturated carbocycles. The smallest absolute Gasteiger partial charge is 0.240 e. The lowest BCUT2D eigenvalue weighted by atomic mass is 10.1. The molecule has 0 aliphatic carbocycles. The summed E-state index contributed by atoms with van der Waals surface area (Å²) in [6, 6.07) is 16.3. The monoisotopic (exact) mass is 438 g/mol. The van der Waals surface area contributed by atoms with Gasteiger partial charge in [0.15, 0.2) is 0 Å². The summed E-state index contributed by atoms with van der Waals surface area (Å²) in [5, 5.41) is 0. The van der Waals surface area contributed by atoms with Crippen molar-refractivity contribution in [2.75, 3.05) is 26.2 Å². The highest BCUT2D eigenvalue weighted by Crippen LogP contribution is 2.18. The van der Waals surface area contributed by atoms with Gasteiger partial charge in [-0.1, -0.05) is 40.2 Å². The maximum absolute atomic E-state index is 12.4. The number of sulfonamides is 1. The number of halogens is 1. The van der Waals surface area contributed by atoms with Gasteiger partial charge in [-0.25, -0.2) is 13.1 Å². The quantitative estimate of drug-likeness (QED) is 0.720. The van der Waals surface area contributed by atoms with Gasteiger partial charge in [0.1, 0.15) is 12.4 Å². The van der Waals surface area contributed by atoms with Gasteiger partial charge in [0, 0.05) is 17.1 Å². The van der Waals surface area contributed by atoms with Gasteiger partial charge in [-0.3, -0.25) is 4.90 Å². The zero-order valence-corrected chi connectivity index (χ0v) is 16.9. The van der Waals surface area contributed by atoms with Crippen molar-refractivity contribution in [2.45, 2.75) is 23.8 Å². The fraction of sp³-hybridized carbons (Fsp3) is 0.368. The van der Waals surface area contributed by atoms with Crippen molar-refractivity contribution in [1.82, 2.24) is 9.62 Å². The van der Waals surface area contributed by atoms with Crippen molar-refractivity contribution in [3.8, 4) is 5.75 Å². The lowest BCUT2D eigenvalue weighted by Crippen LogP contribution is -2.45. The molecule has 0 unspecified atom stereocenters. The van der Waals surface area contributed by atoms with Gasteiger partial charge in [-0.05, 0) is 56.3 Å². The second-order valence-electron chi connectivity index (χ2n) is 6.36. The van der Waals surface area contributed by atoms with Crippen LogP contribution in [0, 0.1) is 0 Å². The van der Waals surface area contributed by atoms with Crippen molar-refractivity contribution >= 4 is 26.0 Å². The molecule has 0 radical (unpaired) electrons. The Morgan fingerprint density at radius 2 is 1.81 bits per heavy atom. The molecule has 0 bridgehead atoms. The van der Waals surface area contributed by atoms with Crippen LogP contribution >= 0.6 is 15.9 Å². The number of likely N-dealkylation sites (tertiary alicyclic amines) is 1. The molecule has 0 atom stereocenters. The van der Waals surface area contributed by atoms with E-state index >= 15 is 0 Å². The third kappa shape index (κ3) is 5.54. The third-order valence-corrected chi connectivity index (χ3v) is 6.46. The topological polar surface area (TPSA) is 58.6 Å². The van der Waals surface area contributed by atoms with Gasteiger partial charge in [-0.15, -0.1) is 0 Å². The standard InChI is InChI=1S/C19H23BrN2O3S/c20-16-5-4-6-18(15-16)25-14-13-22-11-9-17(10-12-22)21-26(23,24)19-7-2-1-3-8-19/h1-8,15,17,21H,9-14H2. The van der Waals surface area contributed by atoms with E-state index < -0.39 is 10.0 Å². The largest absolute Gasteiger partial charge is 0.492 e. The lowest BCUT2D eigenvalue weighted by Gasteiger charge is -2.32. The van der Waals surface area contributed by atoms with Crippen LogP contribution in [0.3, 0.4) is 0 Å². The average molecular weight is 439 g/mol. The van der Waals surface area contributed by atoms with E-state index in [4.69, 9.17) is 4.74 Å². The molecule has 1 fully saturated rings. The van der Waals surface area contributed by atoms with Gasteiger partial charge in [0.2, 0.25) is 10.0 Å². The minimum absolute atomic E-state index is 0.0116. The van der Waals surface area contributed by atoms with Gasteiger partial charge in [0.25, 0.3) is 0 Å². The first-order valence-corrected chi connectivity index (χ1v) is 11.0. The molecule has 140 valence electrons. The molecular formula is C19H23BrN2O3S. The molecule has 1 aliphatic rings. The van der Waals surface area contributed by atoms with Crippen molar-refractivity contribution in [3.63, 3.8) is 0 Å². The molecule has 0 spiro atoms. The SMILES string of the molecule is O=S(=O)(NC1CCN(CCOc2cccc(Br)c2)CC1)c1ccccc1. The number of hydrogen-bond donors (Lipinski definition) is 1. The van der Waals surface area contributed by atoms with Crippen molar-refractivity contribution in [1.29, 1.82) is 0 Å². The molecule has 1 saturated heterocycles. The van der Waals surface area contributed by atoms with Crippen molar-refractivity contribution in [2.24, 2.45) is 0 Å². The number of piperidine rings is 1. The molecule has 0 aromatic heterocycles. The Morgan fingerprint density at radius 1 is 1.08 bits per heavy atom. The van der Waals surface area contributed by atoms with Gasteiger partial charge in [0.05, 0.1) is 4.90 Å². The molecule has 5 nitrogen and oxygen atoms in total. The van der Waals surface area contributed by atoms with Gasteiger partial charge >= 0.3 is 0 Å². The van der Waals surface area contributed by atoms with E-state index in [0.29, 0.717) is 11.5 Å². The molecule has 26 heavy (non-hydrogen) atoms. The predicted octanol–water partition coefficient (Wildman–Crippen LogP) is 3.27. The number of benzene rings is 2. The fourth-order valence-electron chi connectivity index (χ4n) is 3.01. The molecular weight excluding hydrogens is 416 g/mol. The second-order valence-corrected chi connectivity index (χ2v) is 8.99. The highest BCUT2D eigenvalue weighted by Gasteiger charge is 2.24. The van der Waals surface area contributed by atoms with E-state index in [1.807, 2.05) is 30.3 Å². The number of ether oxygens (including phenoxy) is 1. The zero-order chi connectivity index (χ0) is 18.4. The van der Waals surface area contributed by atoms with Crippen molar-refractivity contribution in [3.05, 3.63) is 59.1 Å². The van der Waals surface area contributed by atoms with Crippen LogP contribution < -0.4 is 9.46 Å². The molecule has 1 N–H and O–H groups in total. The first-order chi connectivity index (χ1) is 12.5. The van der Waals surface area contributed by atoms with Crippen LogP contribution in [0.15, 0.2) is 64.0 Å². The molecule has 3 rings (SSSR count). The number of rotatable bonds is 7. The van der Waals surface area contributed by atoms with Crippen LogP contribution in [0.25, 0.3) is 0 Å². The normalized spacial score (nSPS) is 16.5. The van der Waals surface area contributed by atoms with Gasteiger partial charge in [-0.2, -0.15) is 0 Å². The Morgan fingerprint density at radius 3 is 2.50 bits per heavy atom. The summed E-state index contributed by atoms with van der Waals surface area (Å²) < 4.78 is 34.4. The first kappa shape index (κ1) is 19.4. The van der Waals surface area contributed by atoms with Crippen LogP contribution in [-0.2, 0) is 10.0 Å². The van der Waals surface area contributed by atoms with E-state index in [0.717, 1.165) is 42.7 Å². The van der Waals surface area contributed by atoms with Gasteiger partial charge < -0.3 is 4.74 Å². The van der Waals surface area contributed by atoms with E-state index in [2.05, 4.69) is 25.6 Å². The number of hydrogen-bond acceptors (Lipinski definition) is 4. The zero-order valence-electron chi connectivity index (χ0n) is 14.5. The van der Waals surface area contributed by atoms with Crippen LogP contribution in [0.5, 0.6) is 5.75 Å². The maximum atomic E-state index is 12.4. The summed E-state index contributed by atoms with van der Waals surface area (Å²) in [6.45, 7) is 3.19.